The van der Waals surface area contributed by atoms with E-state index in [-0.39, 0.29) is 5.91 Å². The number of carbonyl (C=O) groups excluding carboxylic acids is 1. The summed E-state index contributed by atoms with van der Waals surface area (Å²) >= 11 is 3.25. The van der Waals surface area contributed by atoms with Gasteiger partial charge in [-0.05, 0) is 37.6 Å². The molecular formula is C15H19N3OS2. The summed E-state index contributed by atoms with van der Waals surface area (Å²) in [6, 6.07) is 5.93. The maximum Gasteiger partial charge on any atom is 0.225 e. The molecule has 0 saturated heterocycles. The maximum absolute atomic E-state index is 11.5. The second-order valence-corrected chi connectivity index (χ2v) is 6.55. The summed E-state index contributed by atoms with van der Waals surface area (Å²) in [6.45, 7) is 6.22. The van der Waals surface area contributed by atoms with E-state index in [0.717, 1.165) is 22.3 Å². The first kappa shape index (κ1) is 15.9. The number of nitrogen functional groups attached to an aromatic ring is 1. The highest BCUT2D eigenvalue weighted by atomic mass is 32.2. The largest absolute Gasteiger partial charge is 0.399 e. The molecule has 2 N–H and O–H groups in total. The van der Waals surface area contributed by atoms with E-state index in [9.17, 15) is 4.79 Å². The number of benzene rings is 1. The van der Waals surface area contributed by atoms with Crippen molar-refractivity contribution >= 4 is 39.8 Å². The quantitative estimate of drug-likeness (QED) is 0.674. The Morgan fingerprint density at radius 3 is 2.86 bits per heavy atom. The van der Waals surface area contributed by atoms with Crippen LogP contribution in [0, 0.1) is 6.92 Å². The Hall–Kier alpha value is -1.53. The van der Waals surface area contributed by atoms with E-state index in [1.54, 1.807) is 23.6 Å². The van der Waals surface area contributed by atoms with E-state index in [0.29, 0.717) is 6.54 Å². The van der Waals surface area contributed by atoms with E-state index in [4.69, 9.17) is 5.73 Å². The van der Waals surface area contributed by atoms with Crippen molar-refractivity contribution in [2.45, 2.75) is 31.4 Å². The third kappa shape index (κ3) is 3.98. The number of rotatable bonds is 5. The van der Waals surface area contributed by atoms with Gasteiger partial charge >= 0.3 is 0 Å². The molecule has 1 amide bonds. The van der Waals surface area contributed by atoms with Crippen LogP contribution in [0.15, 0.2) is 28.5 Å². The van der Waals surface area contributed by atoms with Crippen LogP contribution in [0.4, 0.5) is 10.8 Å². The topological polar surface area (TPSA) is 59.2 Å². The van der Waals surface area contributed by atoms with Gasteiger partial charge in [-0.2, -0.15) is 0 Å². The van der Waals surface area contributed by atoms with Crippen LogP contribution in [0.1, 0.15) is 25.1 Å². The molecule has 0 radical (unpaired) electrons. The lowest BCUT2D eigenvalue weighted by molar-refractivity contribution is -0.116. The molecule has 0 unspecified atom stereocenters. The number of nitrogens with zero attached hydrogens (tertiary/aromatic N) is 2. The number of anilines is 2. The van der Waals surface area contributed by atoms with Gasteiger partial charge in [-0.1, -0.05) is 0 Å². The molecule has 21 heavy (non-hydrogen) atoms. The fraction of sp³-hybridized carbons (Fsp3) is 0.333. The Morgan fingerprint density at radius 2 is 2.24 bits per heavy atom. The van der Waals surface area contributed by atoms with Gasteiger partial charge < -0.3 is 5.73 Å². The molecule has 1 aromatic heterocycles. The fourth-order valence-electron chi connectivity index (χ4n) is 1.97. The predicted molar refractivity (Wildman–Crippen MR) is 91.0 cm³/mol. The highest BCUT2D eigenvalue weighted by Crippen LogP contribution is 2.29. The SMILES string of the molecule is CCN(C(C)=O)c1nc(CSc2ccc(N)cc2C)cs1. The normalized spacial score (nSPS) is 10.6. The second-order valence-electron chi connectivity index (χ2n) is 4.70. The van der Waals surface area contributed by atoms with Crippen molar-refractivity contribution in [3.63, 3.8) is 0 Å². The molecule has 0 fully saturated rings. The fourth-order valence-corrected chi connectivity index (χ4v) is 3.91. The minimum Gasteiger partial charge on any atom is -0.399 e. The van der Waals surface area contributed by atoms with Gasteiger partial charge in [0.2, 0.25) is 5.91 Å². The van der Waals surface area contributed by atoms with Crippen LogP contribution in [0.5, 0.6) is 0 Å². The summed E-state index contributed by atoms with van der Waals surface area (Å²) in [6.07, 6.45) is 0. The molecule has 6 heteroatoms. The van der Waals surface area contributed by atoms with Gasteiger partial charge in [0.25, 0.3) is 0 Å². The highest BCUT2D eigenvalue weighted by Gasteiger charge is 2.13. The van der Waals surface area contributed by atoms with E-state index >= 15 is 0 Å². The van der Waals surface area contributed by atoms with Gasteiger partial charge in [0, 0.05) is 35.2 Å². The Morgan fingerprint density at radius 1 is 1.48 bits per heavy atom. The summed E-state index contributed by atoms with van der Waals surface area (Å²) in [5, 5.41) is 2.79. The zero-order valence-corrected chi connectivity index (χ0v) is 14.1. The average Bonchev–Trinajstić information content (AvgIpc) is 2.87. The maximum atomic E-state index is 11.5. The van der Waals surface area contributed by atoms with Gasteiger partial charge in [0.1, 0.15) is 0 Å². The number of thiazole rings is 1. The van der Waals surface area contributed by atoms with Crippen LogP contribution >= 0.6 is 23.1 Å². The molecule has 0 saturated carbocycles. The molecule has 0 atom stereocenters. The molecule has 1 aromatic carbocycles. The summed E-state index contributed by atoms with van der Waals surface area (Å²) in [5.41, 5.74) is 8.71. The van der Waals surface area contributed by atoms with Gasteiger partial charge in [-0.15, -0.1) is 23.1 Å². The van der Waals surface area contributed by atoms with Crippen LogP contribution in [-0.2, 0) is 10.5 Å². The predicted octanol–water partition coefficient (Wildman–Crippen LogP) is 3.70. The first-order valence-electron chi connectivity index (χ1n) is 6.72. The molecule has 1 heterocycles. The van der Waals surface area contributed by atoms with Crippen LogP contribution < -0.4 is 10.6 Å². The Balaban J connectivity index is 2.04. The van der Waals surface area contributed by atoms with Crippen LogP contribution in [-0.4, -0.2) is 17.4 Å². The first-order chi connectivity index (χ1) is 10.0. The van der Waals surface area contributed by atoms with Gasteiger partial charge in [0.15, 0.2) is 5.13 Å². The number of hydrogen-bond donors (Lipinski definition) is 1. The molecule has 0 spiro atoms. The lowest BCUT2D eigenvalue weighted by Gasteiger charge is -2.14. The Labute approximate surface area is 133 Å². The van der Waals surface area contributed by atoms with Crippen molar-refractivity contribution in [1.29, 1.82) is 0 Å². The minimum absolute atomic E-state index is 0.0282. The smallest absolute Gasteiger partial charge is 0.225 e. The van der Waals surface area contributed by atoms with Crippen molar-refractivity contribution in [2.75, 3.05) is 17.2 Å². The summed E-state index contributed by atoms with van der Waals surface area (Å²) in [5.74, 6) is 0.817. The van der Waals surface area contributed by atoms with E-state index in [1.165, 1.54) is 21.8 Å². The number of nitrogens with two attached hydrogens (primary N) is 1. The van der Waals surface area contributed by atoms with Crippen molar-refractivity contribution in [3.8, 4) is 0 Å². The van der Waals surface area contributed by atoms with E-state index < -0.39 is 0 Å². The van der Waals surface area contributed by atoms with Crippen molar-refractivity contribution in [1.82, 2.24) is 4.98 Å². The summed E-state index contributed by atoms with van der Waals surface area (Å²) < 4.78 is 0. The Bertz CT molecular complexity index is 640. The number of hydrogen-bond acceptors (Lipinski definition) is 5. The van der Waals surface area contributed by atoms with Crippen molar-refractivity contribution in [3.05, 3.63) is 34.8 Å². The van der Waals surface area contributed by atoms with Crippen molar-refractivity contribution in [2.24, 2.45) is 0 Å². The van der Waals surface area contributed by atoms with Gasteiger partial charge in [0.05, 0.1) is 5.69 Å². The molecule has 0 aliphatic rings. The average molecular weight is 321 g/mol. The van der Waals surface area contributed by atoms with Gasteiger partial charge in [-0.3, -0.25) is 9.69 Å². The molecule has 2 aromatic rings. The lowest BCUT2D eigenvalue weighted by Crippen LogP contribution is -2.27. The number of aryl methyl sites for hydroxylation is 1. The molecule has 112 valence electrons. The molecule has 2 rings (SSSR count). The summed E-state index contributed by atoms with van der Waals surface area (Å²) in [4.78, 5) is 19.0. The standard InChI is InChI=1S/C15H19N3OS2/c1-4-18(11(3)19)15-17-13(9-21-15)8-20-14-6-5-12(16)7-10(14)2/h5-7,9H,4,8,16H2,1-3H3. The monoisotopic (exact) mass is 321 g/mol. The number of amides is 1. The molecule has 0 bridgehead atoms. The molecule has 0 aliphatic heterocycles. The van der Waals surface area contributed by atoms with E-state index in [1.807, 2.05) is 30.5 Å². The summed E-state index contributed by atoms with van der Waals surface area (Å²) in [7, 11) is 0. The third-order valence-corrected chi connectivity index (χ3v) is 5.16. The van der Waals surface area contributed by atoms with Crippen LogP contribution in [0.25, 0.3) is 0 Å². The Kier molecular flexibility index (Phi) is 5.25. The molecule has 4 nitrogen and oxygen atoms in total. The minimum atomic E-state index is 0.0282. The van der Waals surface area contributed by atoms with Crippen LogP contribution in [0.2, 0.25) is 0 Å². The second kappa shape index (κ2) is 6.95. The zero-order valence-electron chi connectivity index (χ0n) is 12.4. The third-order valence-electron chi connectivity index (χ3n) is 3.04. The lowest BCUT2D eigenvalue weighted by atomic mass is 10.2. The van der Waals surface area contributed by atoms with Crippen molar-refractivity contribution < 1.29 is 4.79 Å². The van der Waals surface area contributed by atoms with Gasteiger partial charge in [-0.25, -0.2) is 4.98 Å². The first-order valence-corrected chi connectivity index (χ1v) is 8.59. The molecule has 0 aliphatic carbocycles. The zero-order chi connectivity index (χ0) is 15.4. The van der Waals surface area contributed by atoms with E-state index in [2.05, 4.69) is 11.9 Å². The molecular weight excluding hydrogens is 302 g/mol. The van der Waals surface area contributed by atoms with Crippen LogP contribution in [0.3, 0.4) is 0 Å². The number of carbonyl (C=O) groups is 1. The number of aromatic nitrogens is 1. The highest BCUT2D eigenvalue weighted by molar-refractivity contribution is 7.98. The number of thioether (sulfide) groups is 1.